The quantitative estimate of drug-likeness (QED) is 0.346. The number of pyridine rings is 1. The highest BCUT2D eigenvalue weighted by atomic mass is 79.9. The molecule has 0 unspecified atom stereocenters. The van der Waals surface area contributed by atoms with Gasteiger partial charge in [0.15, 0.2) is 5.84 Å². The molecule has 2 rings (SSSR count). The van der Waals surface area contributed by atoms with Crippen molar-refractivity contribution in [2.45, 2.75) is 0 Å². The maximum atomic E-state index is 12.1. The van der Waals surface area contributed by atoms with E-state index in [4.69, 9.17) is 10.9 Å². The summed E-state index contributed by atoms with van der Waals surface area (Å²) in [4.78, 5) is 15.9. The molecule has 7 heteroatoms. The molecule has 2 aromatic rings. The van der Waals surface area contributed by atoms with Crippen LogP contribution in [0.4, 0.5) is 5.69 Å². The first kappa shape index (κ1) is 14.0. The molecule has 6 nitrogen and oxygen atoms in total. The van der Waals surface area contributed by atoms with Gasteiger partial charge in [0.05, 0.1) is 5.69 Å². The summed E-state index contributed by atoms with van der Waals surface area (Å²) in [6.45, 7) is 0. The molecule has 0 fully saturated rings. The smallest absolute Gasteiger partial charge is 0.255 e. The van der Waals surface area contributed by atoms with E-state index in [-0.39, 0.29) is 11.7 Å². The van der Waals surface area contributed by atoms with Crippen LogP contribution in [0, 0.1) is 0 Å². The average Bonchev–Trinajstić information content (AvgIpc) is 2.47. The minimum absolute atomic E-state index is 0.0810. The molecule has 1 heterocycles. The minimum Gasteiger partial charge on any atom is -0.409 e. The van der Waals surface area contributed by atoms with Crippen molar-refractivity contribution < 1.29 is 10.0 Å². The Morgan fingerprint density at radius 3 is 2.65 bits per heavy atom. The van der Waals surface area contributed by atoms with Crippen LogP contribution in [0.15, 0.2) is 52.4 Å². The van der Waals surface area contributed by atoms with E-state index >= 15 is 0 Å². The zero-order chi connectivity index (χ0) is 14.5. The molecule has 0 saturated heterocycles. The summed E-state index contributed by atoms with van der Waals surface area (Å²) in [6, 6.07) is 8.23. The number of amidine groups is 1. The molecule has 0 saturated carbocycles. The molecule has 1 aromatic heterocycles. The number of amides is 1. The van der Waals surface area contributed by atoms with Crippen molar-refractivity contribution in [3.8, 4) is 0 Å². The van der Waals surface area contributed by atoms with Gasteiger partial charge in [-0.15, -0.1) is 0 Å². The third kappa shape index (κ3) is 3.12. The summed E-state index contributed by atoms with van der Waals surface area (Å²) in [7, 11) is 0. The molecular weight excluding hydrogens is 324 g/mol. The number of carbonyl (C=O) groups is 1. The predicted octanol–water partition coefficient (Wildman–Crippen LogP) is 2.19. The molecule has 20 heavy (non-hydrogen) atoms. The van der Waals surface area contributed by atoms with Gasteiger partial charge in [-0.25, -0.2) is 0 Å². The third-order valence-corrected chi connectivity index (χ3v) is 3.05. The lowest BCUT2D eigenvalue weighted by atomic mass is 10.1. The van der Waals surface area contributed by atoms with E-state index in [0.29, 0.717) is 16.8 Å². The van der Waals surface area contributed by atoms with E-state index in [1.54, 1.807) is 30.3 Å². The molecule has 1 aromatic carbocycles. The topological polar surface area (TPSA) is 101 Å². The van der Waals surface area contributed by atoms with Crippen LogP contribution in [-0.4, -0.2) is 21.9 Å². The van der Waals surface area contributed by atoms with Gasteiger partial charge < -0.3 is 16.3 Å². The number of rotatable bonds is 3. The summed E-state index contributed by atoms with van der Waals surface area (Å²) in [5, 5.41) is 14.4. The van der Waals surface area contributed by atoms with Crippen molar-refractivity contribution in [1.82, 2.24) is 4.98 Å². The highest BCUT2D eigenvalue weighted by molar-refractivity contribution is 9.10. The lowest BCUT2D eigenvalue weighted by molar-refractivity contribution is 0.102. The predicted molar refractivity (Wildman–Crippen MR) is 78.8 cm³/mol. The Bertz CT molecular complexity index is 659. The number of halogens is 1. The normalized spacial score (nSPS) is 11.2. The summed E-state index contributed by atoms with van der Waals surface area (Å²) >= 11 is 3.31. The summed E-state index contributed by atoms with van der Waals surface area (Å²) in [6.07, 6.45) is 3.06. The summed E-state index contributed by atoms with van der Waals surface area (Å²) < 4.78 is 0.761. The number of nitrogens with zero attached hydrogens (tertiary/aromatic N) is 2. The van der Waals surface area contributed by atoms with E-state index < -0.39 is 0 Å². The van der Waals surface area contributed by atoms with Crippen molar-refractivity contribution in [3.63, 3.8) is 0 Å². The number of carbonyl (C=O) groups excluding carboxylic acids is 1. The van der Waals surface area contributed by atoms with Crippen molar-refractivity contribution in [2.75, 3.05) is 5.32 Å². The summed E-state index contributed by atoms with van der Waals surface area (Å²) in [5.41, 5.74) is 6.92. The molecule has 0 aliphatic heterocycles. The molecule has 0 aliphatic carbocycles. The van der Waals surface area contributed by atoms with Gasteiger partial charge in [-0.1, -0.05) is 21.1 Å². The van der Waals surface area contributed by atoms with Gasteiger partial charge in [-0.3, -0.25) is 9.78 Å². The Hall–Kier alpha value is -2.41. The molecule has 0 radical (unpaired) electrons. The number of oxime groups is 1. The van der Waals surface area contributed by atoms with Crippen molar-refractivity contribution in [1.29, 1.82) is 0 Å². The maximum Gasteiger partial charge on any atom is 0.255 e. The van der Waals surface area contributed by atoms with Crippen molar-refractivity contribution in [2.24, 2.45) is 10.9 Å². The number of anilines is 1. The largest absolute Gasteiger partial charge is 0.409 e. The monoisotopic (exact) mass is 334 g/mol. The van der Waals surface area contributed by atoms with Crippen LogP contribution in [0.2, 0.25) is 0 Å². The Morgan fingerprint density at radius 2 is 2.00 bits per heavy atom. The second-order valence-electron chi connectivity index (χ2n) is 3.87. The first-order valence-electron chi connectivity index (χ1n) is 5.60. The van der Waals surface area contributed by atoms with Crippen LogP contribution in [0.1, 0.15) is 15.9 Å². The van der Waals surface area contributed by atoms with Crippen LogP contribution < -0.4 is 11.1 Å². The molecule has 0 aliphatic rings. The van der Waals surface area contributed by atoms with E-state index in [1.165, 1.54) is 12.4 Å². The second-order valence-corrected chi connectivity index (χ2v) is 4.78. The highest BCUT2D eigenvalue weighted by Crippen LogP contribution is 2.22. The third-order valence-electron chi connectivity index (χ3n) is 2.56. The van der Waals surface area contributed by atoms with Gasteiger partial charge >= 0.3 is 0 Å². The Morgan fingerprint density at radius 1 is 1.30 bits per heavy atom. The molecule has 4 N–H and O–H groups in total. The van der Waals surface area contributed by atoms with Crippen molar-refractivity contribution >= 4 is 33.4 Å². The molecular formula is C13H11BrN4O2. The van der Waals surface area contributed by atoms with Crippen LogP contribution >= 0.6 is 15.9 Å². The van der Waals surface area contributed by atoms with Gasteiger partial charge in [0, 0.05) is 28.0 Å². The zero-order valence-corrected chi connectivity index (χ0v) is 11.8. The van der Waals surface area contributed by atoms with Gasteiger partial charge in [0.25, 0.3) is 5.91 Å². The molecule has 1 amide bonds. The first-order chi connectivity index (χ1) is 9.61. The Labute approximate surface area is 123 Å². The number of benzene rings is 1. The maximum absolute atomic E-state index is 12.1. The fourth-order valence-corrected chi connectivity index (χ4v) is 1.96. The van der Waals surface area contributed by atoms with Crippen LogP contribution in [0.3, 0.4) is 0 Å². The first-order valence-corrected chi connectivity index (χ1v) is 6.40. The number of nitrogens with two attached hydrogens (primary N) is 1. The summed E-state index contributed by atoms with van der Waals surface area (Å²) in [5.74, 6) is -0.389. The van der Waals surface area contributed by atoms with E-state index in [0.717, 1.165) is 4.47 Å². The van der Waals surface area contributed by atoms with Crippen LogP contribution in [-0.2, 0) is 0 Å². The number of aromatic nitrogens is 1. The van der Waals surface area contributed by atoms with E-state index in [1.807, 2.05) is 0 Å². The lowest BCUT2D eigenvalue weighted by Crippen LogP contribution is -2.19. The molecule has 0 bridgehead atoms. The second kappa shape index (κ2) is 6.16. The minimum atomic E-state index is -0.308. The number of hydrogen-bond acceptors (Lipinski definition) is 4. The standard InChI is InChI=1S/C13H11BrN4O2/c14-9-1-2-10(12(15)18-20)11(7-9)17-13(19)8-3-5-16-6-4-8/h1-7,20H,(H2,15,18)(H,17,19). The highest BCUT2D eigenvalue weighted by Gasteiger charge is 2.12. The number of hydrogen-bond donors (Lipinski definition) is 3. The van der Waals surface area contributed by atoms with Gasteiger partial charge in [-0.2, -0.15) is 0 Å². The lowest BCUT2D eigenvalue weighted by Gasteiger charge is -2.10. The van der Waals surface area contributed by atoms with E-state index in [2.05, 4.69) is 31.4 Å². The van der Waals surface area contributed by atoms with Crippen LogP contribution in [0.5, 0.6) is 0 Å². The van der Waals surface area contributed by atoms with E-state index in [9.17, 15) is 4.79 Å². The van der Waals surface area contributed by atoms with Crippen molar-refractivity contribution in [3.05, 3.63) is 58.3 Å². The van der Waals surface area contributed by atoms with Gasteiger partial charge in [0.2, 0.25) is 0 Å². The molecule has 0 atom stereocenters. The molecule has 102 valence electrons. The fraction of sp³-hybridized carbons (Fsp3) is 0. The zero-order valence-electron chi connectivity index (χ0n) is 10.2. The SMILES string of the molecule is N/C(=N/O)c1ccc(Br)cc1NC(=O)c1ccncc1. The fourth-order valence-electron chi connectivity index (χ4n) is 1.59. The average molecular weight is 335 g/mol. The number of nitrogens with one attached hydrogen (secondary N) is 1. The van der Waals surface area contributed by atoms with Gasteiger partial charge in [0.1, 0.15) is 0 Å². The van der Waals surface area contributed by atoms with Crippen LogP contribution in [0.25, 0.3) is 0 Å². The molecule has 0 spiro atoms. The Kier molecular flexibility index (Phi) is 4.31. The Balaban J connectivity index is 2.33. The van der Waals surface area contributed by atoms with Gasteiger partial charge in [-0.05, 0) is 30.3 Å².